The molecular formula is C17H24N6O2. The number of imidazole rings is 1. The van der Waals surface area contributed by atoms with E-state index in [1.165, 1.54) is 7.05 Å². The lowest BCUT2D eigenvalue weighted by molar-refractivity contribution is -0.125. The van der Waals surface area contributed by atoms with Crippen LogP contribution in [0.25, 0.3) is 5.65 Å². The summed E-state index contributed by atoms with van der Waals surface area (Å²) >= 11 is 0. The Morgan fingerprint density at radius 1 is 1.24 bits per heavy atom. The van der Waals surface area contributed by atoms with E-state index in [-0.39, 0.29) is 11.9 Å². The molecule has 134 valence electrons. The molecule has 0 aromatic carbocycles. The number of nitrogens with zero attached hydrogens (tertiary/aromatic N) is 4. The van der Waals surface area contributed by atoms with Gasteiger partial charge in [-0.25, -0.2) is 9.78 Å². The van der Waals surface area contributed by atoms with Crippen LogP contribution in [0.15, 0.2) is 30.6 Å². The molecule has 0 aliphatic carbocycles. The van der Waals surface area contributed by atoms with Gasteiger partial charge >= 0.3 is 6.03 Å². The smallest absolute Gasteiger partial charge is 0.321 e. The largest absolute Gasteiger partial charge is 0.341 e. The molecule has 0 spiro atoms. The lowest BCUT2D eigenvalue weighted by Crippen LogP contribution is -2.55. The number of amides is 3. The minimum absolute atomic E-state index is 0.270. The van der Waals surface area contributed by atoms with Crippen molar-refractivity contribution in [2.45, 2.75) is 19.5 Å². The molecule has 1 saturated heterocycles. The van der Waals surface area contributed by atoms with Crippen LogP contribution in [0.5, 0.6) is 0 Å². The number of nitrogens with one attached hydrogen (secondary N) is 2. The molecule has 3 rings (SSSR count). The normalized spacial score (nSPS) is 17.4. The number of piperazine rings is 1. The number of rotatable bonds is 4. The summed E-state index contributed by atoms with van der Waals surface area (Å²) in [5.74, 6) is -0.270. The summed E-state index contributed by atoms with van der Waals surface area (Å²) in [5.41, 5.74) is 2.00. The molecule has 1 atom stereocenters. The van der Waals surface area contributed by atoms with Gasteiger partial charge in [0.2, 0.25) is 5.91 Å². The Hall–Kier alpha value is -2.45. The van der Waals surface area contributed by atoms with Gasteiger partial charge in [-0.3, -0.25) is 19.9 Å². The Bertz CT molecular complexity index is 717. The van der Waals surface area contributed by atoms with Gasteiger partial charge in [-0.05, 0) is 19.1 Å². The minimum atomic E-state index is -0.470. The number of fused-ring (bicyclic) bond motifs is 1. The topological polar surface area (TPSA) is 82.0 Å². The van der Waals surface area contributed by atoms with Crippen molar-refractivity contribution < 1.29 is 9.59 Å². The number of imide groups is 1. The number of hydrogen-bond acceptors (Lipinski definition) is 5. The predicted octanol–water partition coefficient (Wildman–Crippen LogP) is 0.296. The fourth-order valence-electron chi connectivity index (χ4n) is 3.05. The molecule has 8 nitrogen and oxygen atoms in total. The van der Waals surface area contributed by atoms with Crippen LogP contribution >= 0.6 is 0 Å². The summed E-state index contributed by atoms with van der Waals surface area (Å²) in [6, 6.07) is 5.17. The number of carbonyl (C=O) groups excluding carboxylic acids is 2. The Morgan fingerprint density at radius 3 is 2.68 bits per heavy atom. The molecule has 0 saturated carbocycles. The summed E-state index contributed by atoms with van der Waals surface area (Å²) in [6.07, 6.45) is 4.05. The molecule has 8 heteroatoms. The highest BCUT2D eigenvalue weighted by Crippen LogP contribution is 2.11. The van der Waals surface area contributed by atoms with Crippen molar-refractivity contribution in [2.75, 3.05) is 33.2 Å². The first-order chi connectivity index (χ1) is 12.1. The van der Waals surface area contributed by atoms with Crippen LogP contribution in [0.4, 0.5) is 4.79 Å². The maximum atomic E-state index is 12.0. The van der Waals surface area contributed by atoms with Gasteiger partial charge in [0.15, 0.2) is 0 Å². The van der Waals surface area contributed by atoms with Crippen LogP contribution in [0.3, 0.4) is 0 Å². The lowest BCUT2D eigenvalue weighted by atomic mass is 10.2. The van der Waals surface area contributed by atoms with Gasteiger partial charge in [0.1, 0.15) is 5.65 Å². The Kier molecular flexibility index (Phi) is 5.30. The van der Waals surface area contributed by atoms with E-state index in [4.69, 9.17) is 0 Å². The van der Waals surface area contributed by atoms with E-state index in [0.29, 0.717) is 0 Å². The second-order valence-corrected chi connectivity index (χ2v) is 6.25. The van der Waals surface area contributed by atoms with E-state index in [2.05, 4.69) is 31.6 Å². The van der Waals surface area contributed by atoms with Crippen LogP contribution in [-0.4, -0.2) is 70.4 Å². The number of aromatic nitrogens is 2. The van der Waals surface area contributed by atoms with Crippen molar-refractivity contribution in [1.82, 2.24) is 29.8 Å². The van der Waals surface area contributed by atoms with Crippen molar-refractivity contribution in [3.8, 4) is 0 Å². The molecule has 3 heterocycles. The third-order valence-electron chi connectivity index (χ3n) is 4.60. The Balaban J connectivity index is 1.51. The van der Waals surface area contributed by atoms with Gasteiger partial charge < -0.3 is 9.72 Å². The maximum absolute atomic E-state index is 12.0. The number of hydrogen-bond donors (Lipinski definition) is 2. The maximum Gasteiger partial charge on any atom is 0.321 e. The second kappa shape index (κ2) is 7.62. The molecule has 2 N–H and O–H groups in total. The zero-order valence-corrected chi connectivity index (χ0v) is 14.6. The first-order valence-electron chi connectivity index (χ1n) is 8.48. The van der Waals surface area contributed by atoms with E-state index in [1.54, 1.807) is 0 Å². The van der Waals surface area contributed by atoms with Crippen molar-refractivity contribution >= 4 is 17.6 Å². The molecule has 1 aliphatic rings. The SMILES string of the molecule is CNC(=O)NC(=O)C(C)N1CCN(Cc2cn3ccccc3n2)CC1. The molecule has 25 heavy (non-hydrogen) atoms. The van der Waals surface area contributed by atoms with E-state index in [0.717, 1.165) is 44.1 Å². The highest BCUT2D eigenvalue weighted by atomic mass is 16.2. The molecular weight excluding hydrogens is 320 g/mol. The monoisotopic (exact) mass is 344 g/mol. The molecule has 1 unspecified atom stereocenters. The van der Waals surface area contributed by atoms with Crippen LogP contribution < -0.4 is 10.6 Å². The van der Waals surface area contributed by atoms with Crippen molar-refractivity contribution in [2.24, 2.45) is 0 Å². The van der Waals surface area contributed by atoms with E-state index < -0.39 is 6.03 Å². The number of carbonyl (C=O) groups is 2. The van der Waals surface area contributed by atoms with Crippen LogP contribution in [-0.2, 0) is 11.3 Å². The third kappa shape index (κ3) is 4.15. The zero-order chi connectivity index (χ0) is 17.8. The predicted molar refractivity (Wildman–Crippen MR) is 94.1 cm³/mol. The highest BCUT2D eigenvalue weighted by Gasteiger charge is 2.26. The van der Waals surface area contributed by atoms with E-state index in [9.17, 15) is 9.59 Å². The Labute approximate surface area is 146 Å². The van der Waals surface area contributed by atoms with Gasteiger partial charge in [0.25, 0.3) is 0 Å². The van der Waals surface area contributed by atoms with Crippen LogP contribution in [0.2, 0.25) is 0 Å². The first-order valence-corrected chi connectivity index (χ1v) is 8.48. The fourth-order valence-corrected chi connectivity index (χ4v) is 3.05. The van der Waals surface area contributed by atoms with Gasteiger partial charge in [-0.15, -0.1) is 0 Å². The first kappa shape index (κ1) is 17.4. The molecule has 1 aliphatic heterocycles. The van der Waals surface area contributed by atoms with Gasteiger partial charge in [-0.1, -0.05) is 6.07 Å². The fraction of sp³-hybridized carbons (Fsp3) is 0.471. The quantitative estimate of drug-likeness (QED) is 0.833. The third-order valence-corrected chi connectivity index (χ3v) is 4.60. The molecule has 3 amide bonds. The van der Waals surface area contributed by atoms with Crippen LogP contribution in [0.1, 0.15) is 12.6 Å². The van der Waals surface area contributed by atoms with Crippen molar-refractivity contribution in [3.63, 3.8) is 0 Å². The molecule has 2 aromatic heterocycles. The van der Waals surface area contributed by atoms with Gasteiger partial charge in [0.05, 0.1) is 11.7 Å². The zero-order valence-electron chi connectivity index (χ0n) is 14.6. The Morgan fingerprint density at radius 2 is 2.00 bits per heavy atom. The molecule has 2 aromatic rings. The summed E-state index contributed by atoms with van der Waals surface area (Å²) in [7, 11) is 1.49. The lowest BCUT2D eigenvalue weighted by Gasteiger charge is -2.37. The van der Waals surface area contributed by atoms with E-state index >= 15 is 0 Å². The van der Waals surface area contributed by atoms with E-state index in [1.807, 2.05) is 35.7 Å². The van der Waals surface area contributed by atoms with Gasteiger partial charge in [-0.2, -0.15) is 0 Å². The van der Waals surface area contributed by atoms with Gasteiger partial charge in [0, 0.05) is 52.2 Å². The average Bonchev–Trinajstić information content (AvgIpc) is 3.03. The minimum Gasteiger partial charge on any atom is -0.341 e. The standard InChI is InChI=1S/C17H24N6O2/c1-13(16(24)20-17(25)18-2)22-9-7-21(8-10-22)11-14-12-23-6-4-3-5-15(23)19-14/h3-6,12-13H,7-11H2,1-2H3,(H2,18,20,24,25). The summed E-state index contributed by atoms with van der Waals surface area (Å²) in [5, 5.41) is 4.73. The van der Waals surface area contributed by atoms with Crippen molar-refractivity contribution in [1.29, 1.82) is 0 Å². The molecule has 1 fully saturated rings. The summed E-state index contributed by atoms with van der Waals surface area (Å²) < 4.78 is 2.02. The number of urea groups is 1. The number of pyridine rings is 1. The van der Waals surface area contributed by atoms with Crippen LogP contribution in [0, 0.1) is 0 Å². The average molecular weight is 344 g/mol. The summed E-state index contributed by atoms with van der Waals surface area (Å²) in [4.78, 5) is 32.4. The molecule has 0 bridgehead atoms. The summed E-state index contributed by atoms with van der Waals surface area (Å²) in [6.45, 7) is 5.94. The van der Waals surface area contributed by atoms with Crippen molar-refractivity contribution in [3.05, 3.63) is 36.3 Å². The molecule has 0 radical (unpaired) electrons. The second-order valence-electron chi connectivity index (χ2n) is 6.25. The highest BCUT2D eigenvalue weighted by molar-refractivity contribution is 5.96.